The number of aromatic nitrogens is 1. The maximum atomic E-state index is 13.3. The largest absolute Gasteiger partial charge is 0.455 e. The van der Waals surface area contributed by atoms with Gasteiger partial charge in [0, 0.05) is 18.2 Å². The number of esters is 1. The van der Waals surface area contributed by atoms with Crippen molar-refractivity contribution in [2.24, 2.45) is 0 Å². The van der Waals surface area contributed by atoms with Gasteiger partial charge in [0.25, 0.3) is 5.91 Å². The lowest BCUT2D eigenvalue weighted by atomic mass is 9.90. The zero-order valence-corrected chi connectivity index (χ0v) is 14.7. The Kier molecular flexibility index (Phi) is 5.20. The molecule has 1 aromatic heterocycles. The van der Waals surface area contributed by atoms with Gasteiger partial charge in [0.15, 0.2) is 6.61 Å². The van der Waals surface area contributed by atoms with Crippen LogP contribution in [0.25, 0.3) is 0 Å². The number of hydrogen-bond acceptors (Lipinski definition) is 6. The van der Waals surface area contributed by atoms with Crippen LogP contribution in [-0.4, -0.2) is 29.5 Å². The molecule has 0 saturated heterocycles. The Labute approximate surface area is 154 Å². The van der Waals surface area contributed by atoms with Crippen molar-refractivity contribution in [1.29, 1.82) is 0 Å². The lowest BCUT2D eigenvalue weighted by Crippen LogP contribution is -2.30. The van der Waals surface area contributed by atoms with E-state index in [-0.39, 0.29) is 23.9 Å². The highest BCUT2D eigenvalue weighted by atomic mass is 19.1. The fourth-order valence-corrected chi connectivity index (χ4v) is 2.68. The van der Waals surface area contributed by atoms with E-state index < -0.39 is 36.1 Å². The van der Waals surface area contributed by atoms with Crippen molar-refractivity contribution >= 4 is 29.4 Å². The summed E-state index contributed by atoms with van der Waals surface area (Å²) in [6, 6.07) is 5.33. The molecule has 0 spiro atoms. The van der Waals surface area contributed by atoms with E-state index in [0.29, 0.717) is 11.3 Å². The van der Waals surface area contributed by atoms with Crippen molar-refractivity contribution in [3.8, 4) is 0 Å². The van der Waals surface area contributed by atoms with E-state index in [0.717, 1.165) is 6.07 Å². The first-order chi connectivity index (χ1) is 12.8. The summed E-state index contributed by atoms with van der Waals surface area (Å²) in [6.45, 7) is 3.30. The second-order valence-electron chi connectivity index (χ2n) is 6.46. The average Bonchev–Trinajstić information content (AvgIpc) is 3.07. The summed E-state index contributed by atoms with van der Waals surface area (Å²) in [5.74, 6) is -2.92. The molecule has 2 aromatic rings. The summed E-state index contributed by atoms with van der Waals surface area (Å²) < 4.78 is 23.3. The molecule has 0 aliphatic carbocycles. The molecule has 0 fully saturated rings. The van der Waals surface area contributed by atoms with E-state index in [2.05, 4.69) is 15.8 Å². The normalized spacial score (nSPS) is 15.9. The molecule has 0 bridgehead atoms. The molecule has 2 heterocycles. The molecule has 1 atom stereocenters. The number of benzene rings is 1. The molecule has 8 nitrogen and oxygen atoms in total. The van der Waals surface area contributed by atoms with Crippen molar-refractivity contribution in [3.63, 3.8) is 0 Å². The molecule has 27 heavy (non-hydrogen) atoms. The SMILES string of the molecule is CC(C)c1cc(NC(=O)COC(=O)C2CC(=O)Nc3cc(F)ccc32)on1. The summed E-state index contributed by atoms with van der Waals surface area (Å²) in [5, 5.41) is 8.75. The molecule has 3 rings (SSSR count). The number of halogens is 1. The Morgan fingerprint density at radius 2 is 2.19 bits per heavy atom. The number of hydrogen-bond donors (Lipinski definition) is 2. The second kappa shape index (κ2) is 7.56. The van der Waals surface area contributed by atoms with Crippen LogP contribution in [0, 0.1) is 5.82 Å². The Balaban J connectivity index is 1.60. The summed E-state index contributed by atoms with van der Waals surface area (Å²) in [7, 11) is 0. The average molecular weight is 375 g/mol. The number of carbonyl (C=O) groups excluding carboxylic acids is 3. The number of anilines is 2. The first-order valence-electron chi connectivity index (χ1n) is 8.36. The number of nitrogens with one attached hydrogen (secondary N) is 2. The van der Waals surface area contributed by atoms with Crippen molar-refractivity contribution in [3.05, 3.63) is 41.3 Å². The maximum Gasteiger partial charge on any atom is 0.314 e. The van der Waals surface area contributed by atoms with Gasteiger partial charge in [-0.3, -0.25) is 19.7 Å². The van der Waals surface area contributed by atoms with E-state index in [4.69, 9.17) is 9.26 Å². The van der Waals surface area contributed by atoms with E-state index in [9.17, 15) is 18.8 Å². The highest BCUT2D eigenvalue weighted by Gasteiger charge is 2.32. The number of nitrogens with zero attached hydrogens (tertiary/aromatic N) is 1. The summed E-state index contributed by atoms with van der Waals surface area (Å²) in [4.78, 5) is 36.0. The van der Waals surface area contributed by atoms with Gasteiger partial charge in [0.05, 0.1) is 11.6 Å². The molecule has 142 valence electrons. The van der Waals surface area contributed by atoms with E-state index >= 15 is 0 Å². The van der Waals surface area contributed by atoms with Crippen molar-refractivity contribution < 1.29 is 28.0 Å². The van der Waals surface area contributed by atoms with Crippen LogP contribution in [0.3, 0.4) is 0 Å². The van der Waals surface area contributed by atoms with Crippen LogP contribution in [0.2, 0.25) is 0 Å². The van der Waals surface area contributed by atoms with Gasteiger partial charge >= 0.3 is 5.97 Å². The first kappa shape index (κ1) is 18.6. The molecular weight excluding hydrogens is 357 g/mol. The third kappa shape index (κ3) is 4.30. The highest BCUT2D eigenvalue weighted by molar-refractivity contribution is 6.00. The Hall–Kier alpha value is -3.23. The minimum atomic E-state index is -0.903. The van der Waals surface area contributed by atoms with Gasteiger partial charge in [-0.2, -0.15) is 0 Å². The molecule has 2 amide bonds. The number of fused-ring (bicyclic) bond motifs is 1. The number of carbonyl (C=O) groups is 3. The Bertz CT molecular complexity index is 893. The van der Waals surface area contributed by atoms with Crippen molar-refractivity contribution in [2.75, 3.05) is 17.2 Å². The summed E-state index contributed by atoms with van der Waals surface area (Å²) in [6.07, 6.45) is -0.140. The summed E-state index contributed by atoms with van der Waals surface area (Å²) >= 11 is 0. The third-order valence-electron chi connectivity index (χ3n) is 4.07. The van der Waals surface area contributed by atoms with Crippen LogP contribution in [0.4, 0.5) is 16.0 Å². The van der Waals surface area contributed by atoms with Gasteiger partial charge in [-0.1, -0.05) is 25.1 Å². The third-order valence-corrected chi connectivity index (χ3v) is 4.07. The van der Waals surface area contributed by atoms with Gasteiger partial charge in [0.1, 0.15) is 5.82 Å². The van der Waals surface area contributed by atoms with Crippen LogP contribution in [0.15, 0.2) is 28.8 Å². The number of ether oxygens (including phenoxy) is 1. The predicted molar refractivity (Wildman–Crippen MR) is 92.6 cm³/mol. The van der Waals surface area contributed by atoms with E-state index in [1.165, 1.54) is 12.1 Å². The fourth-order valence-electron chi connectivity index (χ4n) is 2.68. The second-order valence-corrected chi connectivity index (χ2v) is 6.46. The lowest BCUT2D eigenvalue weighted by molar-refractivity contribution is -0.149. The Morgan fingerprint density at radius 1 is 1.41 bits per heavy atom. The summed E-state index contributed by atoms with van der Waals surface area (Å²) in [5.41, 5.74) is 1.35. The van der Waals surface area contributed by atoms with Crippen molar-refractivity contribution in [2.45, 2.75) is 32.1 Å². The van der Waals surface area contributed by atoms with Crippen LogP contribution in [0.5, 0.6) is 0 Å². The first-order valence-corrected chi connectivity index (χ1v) is 8.36. The Morgan fingerprint density at radius 3 is 2.89 bits per heavy atom. The topological polar surface area (TPSA) is 111 Å². The molecule has 0 saturated carbocycles. The van der Waals surface area contributed by atoms with Crippen LogP contribution in [-0.2, 0) is 19.1 Å². The quantitative estimate of drug-likeness (QED) is 0.777. The van der Waals surface area contributed by atoms with Gasteiger partial charge in [-0.25, -0.2) is 4.39 Å². The smallest absolute Gasteiger partial charge is 0.314 e. The molecule has 9 heteroatoms. The zero-order valence-electron chi connectivity index (χ0n) is 14.7. The molecular formula is C18H18FN3O5. The standard InChI is InChI=1S/C18H18FN3O5/c1-9(2)13-7-17(27-22-13)21-16(24)8-26-18(25)12-6-15(23)20-14-5-10(19)3-4-11(12)14/h3-5,7,9,12H,6,8H2,1-2H3,(H,20,23)(H,21,24). The molecule has 1 aliphatic rings. The molecule has 2 N–H and O–H groups in total. The zero-order chi connectivity index (χ0) is 19.6. The van der Waals surface area contributed by atoms with Crippen molar-refractivity contribution in [1.82, 2.24) is 5.16 Å². The van der Waals surface area contributed by atoms with Crippen LogP contribution in [0.1, 0.15) is 43.4 Å². The fraction of sp³-hybridized carbons (Fsp3) is 0.333. The van der Waals surface area contributed by atoms with Gasteiger partial charge < -0.3 is 14.6 Å². The maximum absolute atomic E-state index is 13.3. The molecule has 1 unspecified atom stereocenters. The van der Waals surface area contributed by atoms with Gasteiger partial charge in [0.2, 0.25) is 11.8 Å². The molecule has 0 radical (unpaired) electrons. The van der Waals surface area contributed by atoms with Gasteiger partial charge in [-0.15, -0.1) is 0 Å². The van der Waals surface area contributed by atoms with Gasteiger partial charge in [-0.05, 0) is 23.6 Å². The van der Waals surface area contributed by atoms with E-state index in [1.807, 2.05) is 13.8 Å². The monoisotopic (exact) mass is 375 g/mol. The van der Waals surface area contributed by atoms with Crippen LogP contribution < -0.4 is 10.6 Å². The minimum Gasteiger partial charge on any atom is -0.455 e. The number of amides is 2. The lowest BCUT2D eigenvalue weighted by Gasteiger charge is -2.24. The van der Waals surface area contributed by atoms with E-state index in [1.54, 1.807) is 6.07 Å². The molecule has 1 aliphatic heterocycles. The van der Waals surface area contributed by atoms with Crippen LogP contribution >= 0.6 is 0 Å². The minimum absolute atomic E-state index is 0.139. The predicted octanol–water partition coefficient (Wildman–Crippen LogP) is 2.54. The number of rotatable bonds is 5. The highest BCUT2D eigenvalue weighted by Crippen LogP contribution is 2.33. The molecule has 1 aromatic carbocycles.